The number of hydrogen-bond donors (Lipinski definition) is 2. The van der Waals surface area contributed by atoms with E-state index in [0.29, 0.717) is 16.9 Å². The third-order valence-electron chi connectivity index (χ3n) is 4.86. The van der Waals surface area contributed by atoms with Gasteiger partial charge in [0.15, 0.2) is 0 Å². The van der Waals surface area contributed by atoms with Gasteiger partial charge in [-0.15, -0.1) is 0 Å². The fraction of sp³-hybridized carbons (Fsp3) is 0.0833. The Bertz CT molecular complexity index is 1340. The van der Waals surface area contributed by atoms with E-state index in [0.717, 1.165) is 28.6 Å². The Labute approximate surface area is 178 Å². The number of rotatable bonds is 5. The molecular weight excluding hydrogens is 394 g/mol. The van der Waals surface area contributed by atoms with Crippen LogP contribution in [0.25, 0.3) is 23.7 Å². The van der Waals surface area contributed by atoms with Crippen LogP contribution in [0.5, 0.6) is 5.75 Å². The van der Waals surface area contributed by atoms with E-state index in [-0.39, 0.29) is 17.3 Å². The van der Waals surface area contributed by atoms with Crippen LogP contribution in [-0.4, -0.2) is 30.8 Å². The van der Waals surface area contributed by atoms with Crippen molar-refractivity contribution < 1.29 is 14.3 Å². The van der Waals surface area contributed by atoms with E-state index in [2.05, 4.69) is 27.1 Å². The van der Waals surface area contributed by atoms with E-state index in [1.54, 1.807) is 6.08 Å². The molecule has 2 N–H and O–H groups in total. The molecule has 7 heteroatoms. The Morgan fingerprint density at radius 1 is 1.00 bits per heavy atom. The predicted molar refractivity (Wildman–Crippen MR) is 121 cm³/mol. The van der Waals surface area contributed by atoms with Gasteiger partial charge < -0.3 is 14.4 Å². The molecule has 2 aromatic carbocycles. The van der Waals surface area contributed by atoms with Crippen LogP contribution in [0.2, 0.25) is 0 Å². The van der Waals surface area contributed by atoms with Gasteiger partial charge in [-0.1, -0.05) is 42.5 Å². The van der Waals surface area contributed by atoms with Crippen LogP contribution < -0.4 is 25.8 Å². The van der Waals surface area contributed by atoms with Crippen molar-refractivity contribution in [3.05, 3.63) is 92.7 Å². The molecule has 0 atom stereocenters. The first-order chi connectivity index (χ1) is 15.1. The highest BCUT2D eigenvalue weighted by Gasteiger charge is 2.17. The van der Waals surface area contributed by atoms with Gasteiger partial charge in [0.2, 0.25) is 0 Å². The van der Waals surface area contributed by atoms with Crippen molar-refractivity contribution in [3.8, 4) is 5.75 Å². The Hall–Kier alpha value is -4.26. The molecule has 31 heavy (non-hydrogen) atoms. The summed E-state index contributed by atoms with van der Waals surface area (Å²) in [7, 11) is 4.00. The molecule has 3 aromatic rings. The standard InChI is InChI=1S/C24H21N3O4/c1-27(2)18-11-8-16(9-12-18)7-10-17-13-22(31-21-6-4-3-5-19(17)21)23-20(14-30-15-28)25-26-24(23)29/h3-15,25H,1-2H3,(H,26,29)/b10-7+,20-14-,23-22+. The van der Waals surface area contributed by atoms with Crippen LogP contribution in [0.3, 0.4) is 0 Å². The lowest BCUT2D eigenvalue weighted by molar-refractivity contribution is -0.122. The van der Waals surface area contributed by atoms with E-state index in [1.165, 1.54) is 0 Å². The fourth-order valence-electron chi connectivity index (χ4n) is 3.29. The molecule has 0 radical (unpaired) electrons. The van der Waals surface area contributed by atoms with Gasteiger partial charge >= 0.3 is 0 Å². The van der Waals surface area contributed by atoms with Crippen molar-refractivity contribution in [2.75, 3.05) is 19.0 Å². The number of allylic oxidation sites excluding steroid dienone is 2. The lowest BCUT2D eigenvalue weighted by atomic mass is 10.00. The van der Waals surface area contributed by atoms with Crippen LogP contribution >= 0.6 is 0 Å². The summed E-state index contributed by atoms with van der Waals surface area (Å²) in [6, 6.07) is 15.8. The Balaban J connectivity index is 1.82. The minimum Gasteiger partial charge on any atom is -0.456 e. The van der Waals surface area contributed by atoms with Gasteiger partial charge in [0.05, 0.1) is 0 Å². The maximum absolute atomic E-state index is 12.4. The predicted octanol–water partition coefficient (Wildman–Crippen LogP) is 1.98. The summed E-state index contributed by atoms with van der Waals surface area (Å²) < 4.78 is 10.7. The summed E-state index contributed by atoms with van der Waals surface area (Å²) >= 11 is 0. The zero-order valence-electron chi connectivity index (χ0n) is 17.1. The summed E-state index contributed by atoms with van der Waals surface area (Å²) in [6.07, 6.45) is 6.95. The molecule has 4 rings (SSSR count). The van der Waals surface area contributed by atoms with Crippen molar-refractivity contribution in [2.24, 2.45) is 0 Å². The molecule has 0 spiro atoms. The minimum atomic E-state index is -0.381. The number of anilines is 1. The van der Waals surface area contributed by atoms with Gasteiger partial charge in [0.1, 0.15) is 28.3 Å². The molecule has 1 aromatic heterocycles. The highest BCUT2D eigenvalue weighted by atomic mass is 16.5. The first kappa shape index (κ1) is 20.0. The van der Waals surface area contributed by atoms with E-state index in [1.807, 2.05) is 67.5 Å². The van der Waals surface area contributed by atoms with Gasteiger partial charge in [0.25, 0.3) is 12.0 Å². The Kier molecular flexibility index (Phi) is 5.57. The summed E-state index contributed by atoms with van der Waals surface area (Å²) in [5.74, 6) is 0.981. The monoisotopic (exact) mass is 415 g/mol. The van der Waals surface area contributed by atoms with E-state index >= 15 is 0 Å². The number of ether oxygens (including phenoxy) is 2. The smallest absolute Gasteiger partial charge is 0.297 e. The molecular formula is C24H21N3O4. The summed E-state index contributed by atoms with van der Waals surface area (Å²) in [5.41, 5.74) is 3.58. The molecule has 0 fully saturated rings. The molecule has 2 heterocycles. The lowest BCUT2D eigenvalue weighted by Gasteiger charge is -2.18. The number of fused-ring (bicyclic) bond motifs is 1. The average Bonchev–Trinajstić information content (AvgIpc) is 3.16. The molecule has 0 saturated carbocycles. The quantitative estimate of drug-likeness (QED) is 0.623. The summed E-state index contributed by atoms with van der Waals surface area (Å²) in [4.78, 5) is 25.0. The van der Waals surface area contributed by atoms with Crippen LogP contribution in [0.15, 0.2) is 65.5 Å². The van der Waals surface area contributed by atoms with Gasteiger partial charge in [0, 0.05) is 25.3 Å². The van der Waals surface area contributed by atoms with Gasteiger partial charge in [-0.2, -0.15) is 0 Å². The number of aromatic nitrogens is 2. The molecule has 0 saturated heterocycles. The van der Waals surface area contributed by atoms with Crippen molar-refractivity contribution in [2.45, 2.75) is 0 Å². The first-order valence-corrected chi connectivity index (χ1v) is 9.61. The largest absolute Gasteiger partial charge is 0.456 e. The second-order valence-electron chi connectivity index (χ2n) is 7.10. The Morgan fingerprint density at radius 3 is 2.52 bits per heavy atom. The van der Waals surface area contributed by atoms with E-state index < -0.39 is 0 Å². The second-order valence-corrected chi connectivity index (χ2v) is 7.10. The summed E-state index contributed by atoms with van der Waals surface area (Å²) in [6.45, 7) is 0.280. The van der Waals surface area contributed by atoms with E-state index in [9.17, 15) is 9.59 Å². The molecule has 0 bridgehead atoms. The van der Waals surface area contributed by atoms with Crippen molar-refractivity contribution in [1.29, 1.82) is 0 Å². The number of carbonyl (C=O) groups excluding carboxylic acids is 1. The van der Waals surface area contributed by atoms with Crippen LogP contribution in [0, 0.1) is 0 Å². The molecule has 7 nitrogen and oxygen atoms in total. The van der Waals surface area contributed by atoms with Crippen LogP contribution in [0.4, 0.5) is 5.69 Å². The van der Waals surface area contributed by atoms with Crippen molar-refractivity contribution >= 4 is 35.8 Å². The van der Waals surface area contributed by atoms with Crippen molar-refractivity contribution in [3.63, 3.8) is 0 Å². The highest BCUT2D eigenvalue weighted by Crippen LogP contribution is 2.34. The molecule has 1 aliphatic rings. The molecule has 1 aliphatic heterocycles. The SMILES string of the molecule is CN(C)c1ccc(/C=C/C2=CC(=c3\c(=O)[nH][nH]\c3=C/OC=O)/Oc3ccccc32)cc1. The number of H-pyrrole nitrogens is 2. The van der Waals surface area contributed by atoms with Gasteiger partial charge in [-0.05, 0) is 35.4 Å². The first-order valence-electron chi connectivity index (χ1n) is 9.61. The number of aromatic amines is 2. The van der Waals surface area contributed by atoms with Gasteiger partial charge in [-0.25, -0.2) is 0 Å². The third-order valence-corrected chi connectivity index (χ3v) is 4.86. The third kappa shape index (κ3) is 4.20. The maximum atomic E-state index is 12.4. The van der Waals surface area contributed by atoms with E-state index in [4.69, 9.17) is 4.74 Å². The minimum absolute atomic E-state index is 0.248. The summed E-state index contributed by atoms with van der Waals surface area (Å²) in [5, 5.41) is 5.74. The average molecular weight is 415 g/mol. The fourth-order valence-corrected chi connectivity index (χ4v) is 3.29. The number of para-hydroxylation sites is 1. The molecule has 156 valence electrons. The number of hydrogen-bond acceptors (Lipinski definition) is 5. The van der Waals surface area contributed by atoms with Crippen molar-refractivity contribution in [1.82, 2.24) is 10.2 Å². The second kappa shape index (κ2) is 8.62. The zero-order valence-corrected chi connectivity index (χ0v) is 17.1. The topological polar surface area (TPSA) is 87.4 Å². The number of nitrogens with one attached hydrogen (secondary N) is 2. The van der Waals surface area contributed by atoms with Gasteiger partial charge in [-0.3, -0.25) is 19.8 Å². The molecule has 0 unspecified atom stereocenters. The molecule has 0 aliphatic carbocycles. The Morgan fingerprint density at radius 2 is 1.77 bits per heavy atom. The maximum Gasteiger partial charge on any atom is 0.297 e. The highest BCUT2D eigenvalue weighted by molar-refractivity contribution is 5.89. The number of benzene rings is 2. The number of carbonyl (C=O) groups is 1. The molecule has 0 amide bonds. The number of nitrogens with zero attached hydrogens (tertiary/aromatic N) is 1. The van der Waals surface area contributed by atoms with Crippen LogP contribution in [0.1, 0.15) is 11.1 Å². The lowest BCUT2D eigenvalue weighted by Crippen LogP contribution is -2.37. The zero-order chi connectivity index (χ0) is 21.8. The normalized spacial score (nSPS) is 15.3. The van der Waals surface area contributed by atoms with Crippen LogP contribution in [-0.2, 0) is 9.53 Å².